The minimum absolute atomic E-state index is 0.0142. The van der Waals surface area contributed by atoms with Gasteiger partial charge in [0.25, 0.3) is 5.91 Å². The number of hydrogen-bond acceptors (Lipinski definition) is 3. The van der Waals surface area contributed by atoms with Crippen LogP contribution >= 0.6 is 0 Å². The van der Waals surface area contributed by atoms with Crippen LogP contribution in [-0.2, 0) is 10.0 Å². The first kappa shape index (κ1) is 16.0. The summed E-state index contributed by atoms with van der Waals surface area (Å²) in [6.07, 6.45) is 3.10. The third-order valence-corrected chi connectivity index (χ3v) is 4.98. The fourth-order valence-corrected chi connectivity index (χ4v) is 3.18. The lowest BCUT2D eigenvalue weighted by Crippen LogP contribution is -2.32. The Morgan fingerprint density at radius 3 is 2.67 bits per heavy atom. The van der Waals surface area contributed by atoms with Gasteiger partial charge in [-0.3, -0.25) is 4.79 Å². The fourth-order valence-electron chi connectivity index (χ4n) is 2.64. The number of sulfonamides is 1. The van der Waals surface area contributed by atoms with Gasteiger partial charge in [0.15, 0.2) is 0 Å². The van der Waals surface area contributed by atoms with Crippen LogP contribution in [0.25, 0.3) is 0 Å². The molecule has 116 valence electrons. The zero-order chi connectivity index (χ0) is 15.6. The topological polar surface area (TPSA) is 80.5 Å². The number of nitrogens with zero attached hydrogens (tertiary/aromatic N) is 1. The smallest absolute Gasteiger partial charge is 0.254 e. The van der Waals surface area contributed by atoms with Gasteiger partial charge in [0.1, 0.15) is 0 Å². The lowest BCUT2D eigenvalue weighted by molar-refractivity contribution is 0.0759. The number of benzene rings is 1. The van der Waals surface area contributed by atoms with Crippen LogP contribution in [0.1, 0.15) is 42.1 Å². The summed E-state index contributed by atoms with van der Waals surface area (Å²) < 4.78 is 22.9. The Morgan fingerprint density at radius 2 is 2.00 bits per heavy atom. The monoisotopic (exact) mass is 310 g/mol. The second-order valence-electron chi connectivity index (χ2n) is 5.85. The van der Waals surface area contributed by atoms with Crippen LogP contribution in [0.2, 0.25) is 0 Å². The molecule has 1 unspecified atom stereocenters. The highest BCUT2D eigenvalue weighted by Crippen LogP contribution is 2.21. The number of nitrogens with two attached hydrogens (primary N) is 1. The van der Waals surface area contributed by atoms with Crippen molar-refractivity contribution in [3.8, 4) is 0 Å². The number of rotatable bonds is 2. The van der Waals surface area contributed by atoms with E-state index >= 15 is 0 Å². The van der Waals surface area contributed by atoms with Crippen molar-refractivity contribution in [2.75, 3.05) is 13.1 Å². The predicted molar refractivity (Wildman–Crippen MR) is 81.5 cm³/mol. The number of amides is 1. The Hall–Kier alpha value is -1.40. The van der Waals surface area contributed by atoms with Crippen molar-refractivity contribution in [1.82, 2.24) is 4.90 Å². The zero-order valence-electron chi connectivity index (χ0n) is 12.5. The van der Waals surface area contributed by atoms with Gasteiger partial charge in [-0.25, -0.2) is 13.6 Å². The fraction of sp³-hybridized carbons (Fsp3) is 0.533. The molecule has 1 saturated heterocycles. The maximum absolute atomic E-state index is 12.6. The van der Waals surface area contributed by atoms with Crippen LogP contribution in [0.4, 0.5) is 0 Å². The highest BCUT2D eigenvalue weighted by molar-refractivity contribution is 7.89. The van der Waals surface area contributed by atoms with Crippen molar-refractivity contribution < 1.29 is 13.2 Å². The summed E-state index contributed by atoms with van der Waals surface area (Å²) in [5.74, 6) is 0.520. The van der Waals surface area contributed by atoms with Gasteiger partial charge in [0.2, 0.25) is 10.0 Å². The molecular weight excluding hydrogens is 288 g/mol. The van der Waals surface area contributed by atoms with Crippen LogP contribution < -0.4 is 5.14 Å². The Bertz CT molecular complexity index is 640. The SMILES string of the molecule is Cc1ccc(S(N)(=O)=O)cc1C(=O)N1CCCC(C)CC1. The normalized spacial score (nSPS) is 20.1. The van der Waals surface area contributed by atoms with Gasteiger partial charge < -0.3 is 4.90 Å². The third kappa shape index (κ3) is 3.83. The van der Waals surface area contributed by atoms with Crippen molar-refractivity contribution in [1.29, 1.82) is 0 Å². The van der Waals surface area contributed by atoms with E-state index < -0.39 is 10.0 Å². The zero-order valence-corrected chi connectivity index (χ0v) is 13.3. The molecular formula is C15H22N2O3S. The van der Waals surface area contributed by atoms with Gasteiger partial charge in [0.05, 0.1) is 4.90 Å². The van der Waals surface area contributed by atoms with Crippen LogP contribution in [0.3, 0.4) is 0 Å². The Kier molecular flexibility index (Phi) is 4.68. The summed E-state index contributed by atoms with van der Waals surface area (Å²) in [6.45, 7) is 5.45. The molecule has 1 fully saturated rings. The molecule has 0 saturated carbocycles. The van der Waals surface area contributed by atoms with E-state index in [1.54, 1.807) is 13.0 Å². The molecule has 1 aliphatic heterocycles. The Balaban J connectivity index is 2.30. The third-order valence-electron chi connectivity index (χ3n) is 4.07. The Labute approximate surface area is 126 Å². The summed E-state index contributed by atoms with van der Waals surface area (Å²) in [7, 11) is -3.79. The van der Waals surface area contributed by atoms with Crippen molar-refractivity contribution >= 4 is 15.9 Å². The van der Waals surface area contributed by atoms with E-state index in [0.29, 0.717) is 11.5 Å². The highest BCUT2D eigenvalue weighted by Gasteiger charge is 2.22. The van der Waals surface area contributed by atoms with Crippen molar-refractivity contribution in [3.63, 3.8) is 0 Å². The van der Waals surface area contributed by atoms with Crippen LogP contribution in [0.15, 0.2) is 23.1 Å². The molecule has 0 bridgehead atoms. The second kappa shape index (κ2) is 6.15. The predicted octanol–water partition coefficient (Wildman–Crippen LogP) is 1.90. The molecule has 0 aliphatic carbocycles. The first-order chi connectivity index (χ1) is 9.79. The van der Waals surface area contributed by atoms with Crippen molar-refractivity contribution in [2.45, 2.75) is 38.0 Å². The van der Waals surface area contributed by atoms with Gasteiger partial charge in [-0.2, -0.15) is 0 Å². The Morgan fingerprint density at radius 1 is 1.29 bits per heavy atom. The molecule has 2 N–H and O–H groups in total. The van der Waals surface area contributed by atoms with E-state index in [2.05, 4.69) is 6.92 Å². The number of carbonyl (C=O) groups excluding carboxylic acids is 1. The lowest BCUT2D eigenvalue weighted by atomic mass is 10.0. The van der Waals surface area contributed by atoms with E-state index in [4.69, 9.17) is 5.14 Å². The molecule has 1 aromatic rings. The molecule has 6 heteroatoms. The first-order valence-corrected chi connectivity index (χ1v) is 8.76. The van der Waals surface area contributed by atoms with Crippen LogP contribution in [0.5, 0.6) is 0 Å². The quantitative estimate of drug-likeness (QED) is 0.906. The maximum atomic E-state index is 12.6. The number of carbonyl (C=O) groups is 1. The highest BCUT2D eigenvalue weighted by atomic mass is 32.2. The average molecular weight is 310 g/mol. The summed E-state index contributed by atoms with van der Waals surface area (Å²) in [6, 6.07) is 4.46. The first-order valence-electron chi connectivity index (χ1n) is 7.22. The van der Waals surface area contributed by atoms with Gasteiger partial charge in [-0.05, 0) is 49.8 Å². The van der Waals surface area contributed by atoms with Crippen molar-refractivity contribution in [3.05, 3.63) is 29.3 Å². The molecule has 1 aliphatic rings. The van der Waals surface area contributed by atoms with E-state index in [1.165, 1.54) is 12.1 Å². The number of likely N-dealkylation sites (tertiary alicyclic amines) is 1. The second-order valence-corrected chi connectivity index (χ2v) is 7.41. The summed E-state index contributed by atoms with van der Waals surface area (Å²) in [5, 5.41) is 5.14. The lowest BCUT2D eigenvalue weighted by Gasteiger charge is -2.21. The van der Waals surface area contributed by atoms with E-state index in [0.717, 1.165) is 37.9 Å². The van der Waals surface area contributed by atoms with Crippen LogP contribution in [0, 0.1) is 12.8 Å². The van der Waals surface area contributed by atoms with Crippen molar-refractivity contribution in [2.24, 2.45) is 11.1 Å². The standard InChI is InChI=1S/C15H22N2O3S/c1-11-4-3-8-17(9-7-11)15(18)14-10-13(21(16,19)20)6-5-12(14)2/h5-6,10-11H,3-4,7-9H2,1-2H3,(H2,16,19,20). The molecule has 1 atom stereocenters. The maximum Gasteiger partial charge on any atom is 0.254 e. The van der Waals surface area contributed by atoms with Gasteiger partial charge in [-0.1, -0.05) is 13.0 Å². The summed E-state index contributed by atoms with van der Waals surface area (Å²) in [4.78, 5) is 14.5. The largest absolute Gasteiger partial charge is 0.339 e. The molecule has 0 radical (unpaired) electrons. The molecule has 5 nitrogen and oxygen atoms in total. The molecule has 1 aromatic carbocycles. The molecule has 21 heavy (non-hydrogen) atoms. The van der Waals surface area contributed by atoms with Crippen LogP contribution in [-0.4, -0.2) is 32.3 Å². The van der Waals surface area contributed by atoms with E-state index in [1.807, 2.05) is 4.90 Å². The van der Waals surface area contributed by atoms with E-state index in [9.17, 15) is 13.2 Å². The average Bonchev–Trinajstić information content (AvgIpc) is 2.62. The summed E-state index contributed by atoms with van der Waals surface area (Å²) >= 11 is 0. The van der Waals surface area contributed by atoms with Gasteiger partial charge in [-0.15, -0.1) is 0 Å². The molecule has 2 rings (SSSR count). The number of hydrogen-bond donors (Lipinski definition) is 1. The minimum Gasteiger partial charge on any atom is -0.339 e. The molecule has 1 heterocycles. The number of aryl methyl sites for hydroxylation is 1. The number of primary sulfonamides is 1. The molecule has 1 amide bonds. The molecule has 0 aromatic heterocycles. The van der Waals surface area contributed by atoms with Gasteiger partial charge in [0, 0.05) is 18.7 Å². The van der Waals surface area contributed by atoms with Gasteiger partial charge >= 0.3 is 0 Å². The minimum atomic E-state index is -3.79. The summed E-state index contributed by atoms with van der Waals surface area (Å²) in [5.41, 5.74) is 1.20. The van der Waals surface area contributed by atoms with E-state index in [-0.39, 0.29) is 10.8 Å². The molecule has 0 spiro atoms.